The van der Waals surface area contributed by atoms with Crippen LogP contribution in [0.15, 0.2) is 41.8 Å². The Balaban J connectivity index is 1.70. The van der Waals surface area contributed by atoms with Gasteiger partial charge in [0.05, 0.1) is 6.04 Å². The molecule has 1 N–H and O–H groups in total. The molecule has 5 heteroatoms. The number of thiophene rings is 1. The van der Waals surface area contributed by atoms with Gasteiger partial charge in [0.2, 0.25) is 0 Å². The molecule has 0 fully saturated rings. The van der Waals surface area contributed by atoms with Crippen molar-refractivity contribution in [1.29, 1.82) is 0 Å². The number of benzene rings is 1. The number of hydrogen-bond donors (Lipinski definition) is 1. The molecule has 0 aliphatic carbocycles. The summed E-state index contributed by atoms with van der Waals surface area (Å²) >= 11 is 1.73. The van der Waals surface area contributed by atoms with E-state index in [4.69, 9.17) is 0 Å². The van der Waals surface area contributed by atoms with Crippen molar-refractivity contribution >= 4 is 23.1 Å². The number of carbonyl (C=O) groups is 1. The molecule has 23 heavy (non-hydrogen) atoms. The molecule has 1 aliphatic heterocycles. The van der Waals surface area contributed by atoms with Gasteiger partial charge < -0.3 is 10.2 Å². The van der Waals surface area contributed by atoms with Crippen LogP contribution in [-0.4, -0.2) is 37.6 Å². The van der Waals surface area contributed by atoms with Gasteiger partial charge in [-0.15, -0.1) is 11.3 Å². The summed E-state index contributed by atoms with van der Waals surface area (Å²) in [4.78, 5) is 18.0. The van der Waals surface area contributed by atoms with Crippen LogP contribution in [0.3, 0.4) is 0 Å². The van der Waals surface area contributed by atoms with Crippen LogP contribution in [0.5, 0.6) is 0 Å². The van der Waals surface area contributed by atoms with Crippen LogP contribution in [0.4, 0.5) is 10.5 Å². The molecule has 1 aromatic heterocycles. The Morgan fingerprint density at radius 2 is 2.13 bits per heavy atom. The number of anilines is 1. The van der Waals surface area contributed by atoms with Gasteiger partial charge >= 0.3 is 6.03 Å². The van der Waals surface area contributed by atoms with Crippen molar-refractivity contribution in [3.8, 4) is 0 Å². The van der Waals surface area contributed by atoms with E-state index in [1.54, 1.807) is 11.3 Å². The summed E-state index contributed by atoms with van der Waals surface area (Å²) in [6.07, 6.45) is 0.922. The number of amides is 2. The van der Waals surface area contributed by atoms with E-state index in [0.29, 0.717) is 6.54 Å². The maximum atomic E-state index is 12.7. The van der Waals surface area contributed by atoms with Gasteiger partial charge in [-0.05, 0) is 50.5 Å². The first-order valence-corrected chi connectivity index (χ1v) is 8.80. The standard InChI is InChI=1S/C18H23N3OS/c1-13-11-14-7-4-5-8-15(14)21(13)18(22)19-12-16(20(2)3)17-9-6-10-23-17/h4-10,13,16H,11-12H2,1-3H3,(H,19,22)/t13-,16+/m0/s1. The fourth-order valence-electron chi connectivity index (χ4n) is 3.16. The van der Waals surface area contributed by atoms with Gasteiger partial charge in [-0.3, -0.25) is 4.90 Å². The molecule has 0 radical (unpaired) electrons. The Hall–Kier alpha value is -1.85. The normalized spacial score (nSPS) is 18.1. The van der Waals surface area contributed by atoms with E-state index >= 15 is 0 Å². The van der Waals surface area contributed by atoms with Gasteiger partial charge in [0.1, 0.15) is 0 Å². The van der Waals surface area contributed by atoms with Crippen molar-refractivity contribution in [2.24, 2.45) is 0 Å². The minimum atomic E-state index is -0.00847. The van der Waals surface area contributed by atoms with E-state index in [9.17, 15) is 4.79 Å². The van der Waals surface area contributed by atoms with Crippen LogP contribution in [0.2, 0.25) is 0 Å². The third kappa shape index (κ3) is 3.26. The van der Waals surface area contributed by atoms with Gasteiger partial charge in [0, 0.05) is 23.2 Å². The monoisotopic (exact) mass is 329 g/mol. The van der Waals surface area contributed by atoms with Gasteiger partial charge in [-0.1, -0.05) is 24.3 Å². The summed E-state index contributed by atoms with van der Waals surface area (Å²) in [7, 11) is 4.09. The maximum absolute atomic E-state index is 12.7. The van der Waals surface area contributed by atoms with Crippen molar-refractivity contribution in [3.63, 3.8) is 0 Å². The number of carbonyl (C=O) groups excluding carboxylic acids is 1. The molecule has 1 aromatic carbocycles. The Morgan fingerprint density at radius 1 is 1.35 bits per heavy atom. The zero-order chi connectivity index (χ0) is 16.4. The van der Waals surface area contributed by atoms with E-state index in [2.05, 4.69) is 40.7 Å². The molecule has 0 saturated heterocycles. The first kappa shape index (κ1) is 16.0. The molecule has 0 unspecified atom stereocenters. The third-order valence-corrected chi connectivity index (χ3v) is 5.34. The largest absolute Gasteiger partial charge is 0.336 e. The second-order valence-electron chi connectivity index (χ2n) is 6.23. The number of rotatable bonds is 4. The molecular weight excluding hydrogens is 306 g/mol. The van der Waals surface area contributed by atoms with Crippen molar-refractivity contribution in [2.75, 3.05) is 25.5 Å². The van der Waals surface area contributed by atoms with Crippen LogP contribution in [0.1, 0.15) is 23.4 Å². The van der Waals surface area contributed by atoms with Crippen LogP contribution in [0.25, 0.3) is 0 Å². The molecule has 0 saturated carbocycles. The minimum absolute atomic E-state index is 0.00847. The minimum Gasteiger partial charge on any atom is -0.336 e. The Bertz CT molecular complexity index is 669. The first-order valence-electron chi connectivity index (χ1n) is 7.92. The molecular formula is C18H23N3OS. The quantitative estimate of drug-likeness (QED) is 0.932. The van der Waals surface area contributed by atoms with Gasteiger partial charge in [0.15, 0.2) is 0 Å². The van der Waals surface area contributed by atoms with Crippen molar-refractivity contribution < 1.29 is 4.79 Å². The van der Waals surface area contributed by atoms with Gasteiger partial charge in [-0.2, -0.15) is 0 Å². The van der Waals surface area contributed by atoms with E-state index in [-0.39, 0.29) is 18.1 Å². The lowest BCUT2D eigenvalue weighted by molar-refractivity contribution is 0.237. The van der Waals surface area contributed by atoms with E-state index in [1.165, 1.54) is 10.4 Å². The number of nitrogens with one attached hydrogen (secondary N) is 1. The zero-order valence-corrected chi connectivity index (χ0v) is 14.6. The highest BCUT2D eigenvalue weighted by atomic mass is 32.1. The van der Waals surface area contributed by atoms with Crippen molar-refractivity contribution in [2.45, 2.75) is 25.4 Å². The smallest absolute Gasteiger partial charge is 0.322 e. The summed E-state index contributed by atoms with van der Waals surface area (Å²) in [5.74, 6) is 0. The summed E-state index contributed by atoms with van der Waals surface area (Å²) < 4.78 is 0. The molecule has 122 valence electrons. The predicted molar refractivity (Wildman–Crippen MR) is 96.2 cm³/mol. The fraction of sp³-hybridized carbons (Fsp3) is 0.389. The lowest BCUT2D eigenvalue weighted by Gasteiger charge is -2.27. The SMILES string of the molecule is C[C@H]1Cc2ccccc2N1C(=O)NC[C@H](c1cccs1)N(C)C. The molecule has 2 atom stereocenters. The van der Waals surface area contributed by atoms with Crippen LogP contribution < -0.4 is 10.2 Å². The summed E-state index contributed by atoms with van der Waals surface area (Å²) in [5, 5.41) is 5.19. The van der Waals surface area contributed by atoms with E-state index in [0.717, 1.165) is 12.1 Å². The molecule has 0 spiro atoms. The third-order valence-electron chi connectivity index (χ3n) is 4.37. The molecule has 2 amide bonds. The molecule has 0 bridgehead atoms. The summed E-state index contributed by atoms with van der Waals surface area (Å²) in [5.41, 5.74) is 2.28. The van der Waals surface area contributed by atoms with Crippen LogP contribution in [-0.2, 0) is 6.42 Å². The number of nitrogens with zero attached hydrogens (tertiary/aromatic N) is 2. The number of fused-ring (bicyclic) bond motifs is 1. The average Bonchev–Trinajstić information content (AvgIpc) is 3.13. The van der Waals surface area contributed by atoms with Gasteiger partial charge in [-0.25, -0.2) is 4.79 Å². The van der Waals surface area contributed by atoms with E-state index in [1.807, 2.05) is 37.2 Å². The van der Waals surface area contributed by atoms with Crippen molar-refractivity contribution in [1.82, 2.24) is 10.2 Å². The topological polar surface area (TPSA) is 35.6 Å². The summed E-state index contributed by atoms with van der Waals surface area (Å²) in [6.45, 7) is 2.71. The fourth-order valence-corrected chi connectivity index (χ4v) is 4.09. The summed E-state index contributed by atoms with van der Waals surface area (Å²) in [6, 6.07) is 12.7. The highest BCUT2D eigenvalue weighted by molar-refractivity contribution is 7.10. The van der Waals surface area contributed by atoms with Gasteiger partial charge in [0.25, 0.3) is 0 Å². The second kappa shape index (κ2) is 6.72. The molecule has 4 nitrogen and oxygen atoms in total. The highest BCUT2D eigenvalue weighted by Crippen LogP contribution is 2.31. The van der Waals surface area contributed by atoms with E-state index < -0.39 is 0 Å². The number of para-hydroxylation sites is 1. The van der Waals surface area contributed by atoms with Crippen LogP contribution in [0, 0.1) is 0 Å². The number of urea groups is 1. The highest BCUT2D eigenvalue weighted by Gasteiger charge is 2.31. The Morgan fingerprint density at radius 3 is 2.83 bits per heavy atom. The van der Waals surface area contributed by atoms with Crippen molar-refractivity contribution in [3.05, 3.63) is 52.2 Å². The molecule has 2 heterocycles. The lowest BCUT2D eigenvalue weighted by Crippen LogP contribution is -2.45. The first-order chi connectivity index (χ1) is 11.1. The zero-order valence-electron chi connectivity index (χ0n) is 13.8. The molecule has 2 aromatic rings. The van der Waals surface area contributed by atoms with Crippen LogP contribution >= 0.6 is 11.3 Å². The lowest BCUT2D eigenvalue weighted by atomic mass is 10.1. The Labute approximate surface area is 141 Å². The Kier molecular flexibility index (Phi) is 4.68. The molecule has 1 aliphatic rings. The maximum Gasteiger partial charge on any atom is 0.322 e. The number of likely N-dealkylation sites (N-methyl/N-ethyl adjacent to an activating group) is 1. The predicted octanol–water partition coefficient (Wildman–Crippen LogP) is 3.51. The number of hydrogen-bond acceptors (Lipinski definition) is 3. The molecule has 3 rings (SSSR count). The average molecular weight is 329 g/mol. The second-order valence-corrected chi connectivity index (χ2v) is 7.21.